The van der Waals surface area contributed by atoms with Crippen molar-refractivity contribution < 1.29 is 19.1 Å². The number of aromatic hydroxyl groups is 1. The van der Waals surface area contributed by atoms with Gasteiger partial charge in [0, 0.05) is 28.6 Å². The molecule has 1 aliphatic heterocycles. The number of carbonyl (C=O) groups excluding carboxylic acids is 1. The highest BCUT2D eigenvalue weighted by atomic mass is 16.5. The van der Waals surface area contributed by atoms with Crippen LogP contribution in [0, 0.1) is 0 Å². The van der Waals surface area contributed by atoms with Gasteiger partial charge < -0.3 is 14.3 Å². The number of benzene rings is 3. The Morgan fingerprint density at radius 2 is 1.77 bits per heavy atom. The number of methoxy groups -OCH3 is 1. The third-order valence-electron chi connectivity index (χ3n) is 5.42. The first-order chi connectivity index (χ1) is 14.6. The Balaban J connectivity index is 2.15. The van der Waals surface area contributed by atoms with Gasteiger partial charge in [-0.15, -0.1) is 0 Å². The van der Waals surface area contributed by atoms with Crippen molar-refractivity contribution in [3.05, 3.63) is 71.6 Å². The van der Waals surface area contributed by atoms with Gasteiger partial charge in [-0.05, 0) is 43.7 Å². The van der Waals surface area contributed by atoms with Crippen molar-refractivity contribution in [1.29, 1.82) is 0 Å². The number of fused-ring (bicyclic) bond motifs is 2. The van der Waals surface area contributed by atoms with Crippen LogP contribution >= 0.6 is 0 Å². The third-order valence-corrected chi connectivity index (χ3v) is 5.42. The molecule has 0 unspecified atom stereocenters. The fourth-order valence-corrected chi connectivity index (χ4v) is 3.93. The lowest BCUT2D eigenvalue weighted by molar-refractivity contribution is 0.0601. The maximum Gasteiger partial charge on any atom is 0.338 e. The lowest BCUT2D eigenvalue weighted by atomic mass is 9.91. The van der Waals surface area contributed by atoms with Crippen molar-refractivity contribution in [2.45, 2.75) is 13.8 Å². The van der Waals surface area contributed by atoms with Crippen molar-refractivity contribution in [2.75, 3.05) is 20.2 Å². The zero-order valence-corrected chi connectivity index (χ0v) is 17.3. The van der Waals surface area contributed by atoms with Crippen LogP contribution in [-0.2, 0) is 4.74 Å². The molecule has 1 aliphatic carbocycles. The smallest absolute Gasteiger partial charge is 0.338 e. The molecule has 152 valence electrons. The molecule has 0 fully saturated rings. The number of esters is 1. The summed E-state index contributed by atoms with van der Waals surface area (Å²) in [6, 6.07) is 18.5. The molecule has 5 heteroatoms. The van der Waals surface area contributed by atoms with Crippen LogP contribution in [0.15, 0.2) is 65.1 Å². The number of ether oxygens (including phenoxy) is 1. The summed E-state index contributed by atoms with van der Waals surface area (Å²) in [5.74, 6) is 0.413. The third kappa shape index (κ3) is 3.32. The number of hydrogen-bond acceptors (Lipinski definition) is 4. The molecule has 0 saturated heterocycles. The van der Waals surface area contributed by atoms with Gasteiger partial charge in [0.05, 0.1) is 18.7 Å². The van der Waals surface area contributed by atoms with Crippen molar-refractivity contribution in [2.24, 2.45) is 0 Å². The number of carbonyl (C=O) groups is 1. The number of hydrogen-bond donors (Lipinski definition) is 1. The first-order valence-corrected chi connectivity index (χ1v) is 10.0. The first kappa shape index (κ1) is 19.7. The molecule has 0 amide bonds. The molecule has 0 aromatic heterocycles. The van der Waals surface area contributed by atoms with Gasteiger partial charge >= 0.3 is 5.97 Å². The van der Waals surface area contributed by atoms with Crippen molar-refractivity contribution in [1.82, 2.24) is 4.58 Å². The Bertz CT molecular complexity index is 1280. The minimum atomic E-state index is -0.397. The number of phenolic OH excluding ortho intramolecular Hbond substituents is 1. The molecule has 4 rings (SSSR count). The fraction of sp³-hybridized carbons (Fsp3) is 0.200. The second-order valence-electron chi connectivity index (χ2n) is 7.05. The van der Waals surface area contributed by atoms with E-state index in [1.807, 2.05) is 36.4 Å². The van der Waals surface area contributed by atoms with Crippen LogP contribution < -0.4 is 9.93 Å². The normalized spacial score (nSPS) is 11.0. The lowest BCUT2D eigenvalue weighted by Crippen LogP contribution is -2.29. The monoisotopic (exact) mass is 402 g/mol. The van der Waals surface area contributed by atoms with Gasteiger partial charge in [0.1, 0.15) is 30.2 Å². The highest BCUT2D eigenvalue weighted by molar-refractivity contribution is 6.07. The molecule has 1 heterocycles. The SMILES string of the molecule is CC[N+](CC)=c1ccc2c(-c3ccccc3C(=O)OC)c3ccc(O)cc3oc-2c1. The van der Waals surface area contributed by atoms with E-state index in [2.05, 4.69) is 24.5 Å². The van der Waals surface area contributed by atoms with Crippen molar-refractivity contribution >= 4 is 16.9 Å². The highest BCUT2D eigenvalue weighted by Crippen LogP contribution is 2.41. The van der Waals surface area contributed by atoms with Gasteiger partial charge in [-0.25, -0.2) is 9.37 Å². The van der Waals surface area contributed by atoms with E-state index < -0.39 is 5.97 Å². The van der Waals surface area contributed by atoms with Crippen LogP contribution in [0.25, 0.3) is 33.4 Å². The molecular weight excluding hydrogens is 378 g/mol. The Morgan fingerprint density at radius 1 is 1.00 bits per heavy atom. The van der Waals surface area contributed by atoms with E-state index in [1.165, 1.54) is 7.11 Å². The largest absolute Gasteiger partial charge is 0.508 e. The Hall–Kier alpha value is -3.60. The van der Waals surface area contributed by atoms with E-state index in [0.29, 0.717) is 16.9 Å². The second kappa shape index (κ2) is 8.03. The van der Waals surface area contributed by atoms with Crippen LogP contribution in [0.4, 0.5) is 0 Å². The molecule has 0 bridgehead atoms. The van der Waals surface area contributed by atoms with Crippen LogP contribution in [-0.4, -0.2) is 31.3 Å². The standard InChI is InChI=1S/C25H23NO4/c1-4-26(5-2)16-10-12-20-22(14-16)30-23-15-17(27)11-13-21(23)24(20)18-8-6-7-9-19(18)25(28)29-3/h6-15H,4-5H2,1-3H3/p+1. The first-order valence-electron chi connectivity index (χ1n) is 10.0. The van der Waals surface area contributed by atoms with Gasteiger partial charge in [-0.2, -0.15) is 0 Å². The van der Waals surface area contributed by atoms with Crippen LogP contribution in [0.3, 0.4) is 0 Å². The maximum absolute atomic E-state index is 12.5. The zero-order chi connectivity index (χ0) is 21.3. The van der Waals surface area contributed by atoms with Gasteiger partial charge in [0.25, 0.3) is 0 Å². The summed E-state index contributed by atoms with van der Waals surface area (Å²) in [4.78, 5) is 12.5. The molecule has 2 aromatic carbocycles. The highest BCUT2D eigenvalue weighted by Gasteiger charge is 2.22. The molecule has 0 atom stereocenters. The summed E-state index contributed by atoms with van der Waals surface area (Å²) < 4.78 is 13.4. The molecule has 5 nitrogen and oxygen atoms in total. The van der Waals surface area contributed by atoms with Gasteiger partial charge in [0.15, 0.2) is 0 Å². The van der Waals surface area contributed by atoms with Crippen LogP contribution in [0.5, 0.6) is 5.75 Å². The van der Waals surface area contributed by atoms with E-state index in [1.54, 1.807) is 18.2 Å². The van der Waals surface area contributed by atoms with E-state index in [4.69, 9.17) is 9.15 Å². The second-order valence-corrected chi connectivity index (χ2v) is 7.05. The topological polar surface area (TPSA) is 62.7 Å². The van der Waals surface area contributed by atoms with Crippen molar-refractivity contribution in [3.63, 3.8) is 0 Å². The molecule has 1 N–H and O–H groups in total. The summed E-state index contributed by atoms with van der Waals surface area (Å²) in [5, 5.41) is 11.9. The quantitative estimate of drug-likeness (QED) is 0.310. The summed E-state index contributed by atoms with van der Waals surface area (Å²) in [6.07, 6.45) is 0. The van der Waals surface area contributed by atoms with Gasteiger partial charge in [-0.3, -0.25) is 0 Å². The number of rotatable bonds is 4. The number of nitrogens with zero attached hydrogens (tertiary/aromatic N) is 1. The molecule has 2 aliphatic rings. The van der Waals surface area contributed by atoms with Gasteiger partial charge in [-0.1, -0.05) is 18.2 Å². The fourth-order valence-electron chi connectivity index (χ4n) is 3.93. The predicted octanol–water partition coefficient (Wildman–Crippen LogP) is 4.51. The lowest BCUT2D eigenvalue weighted by Gasteiger charge is -2.17. The molecule has 0 saturated carbocycles. The summed E-state index contributed by atoms with van der Waals surface area (Å²) in [5.41, 5.74) is 3.55. The Labute approximate surface area is 174 Å². The Kier molecular flexibility index (Phi) is 5.27. The van der Waals surface area contributed by atoms with Crippen molar-refractivity contribution in [3.8, 4) is 28.2 Å². The Morgan fingerprint density at radius 3 is 2.50 bits per heavy atom. The number of phenols is 1. The average Bonchev–Trinajstić information content (AvgIpc) is 2.77. The van der Waals surface area contributed by atoms with E-state index in [9.17, 15) is 9.90 Å². The molecule has 30 heavy (non-hydrogen) atoms. The van der Waals surface area contributed by atoms with Gasteiger partial charge in [0.2, 0.25) is 5.36 Å². The summed E-state index contributed by atoms with van der Waals surface area (Å²) in [6.45, 7) is 5.99. The molecular formula is C25H24NO4+. The molecule has 2 aromatic rings. The summed E-state index contributed by atoms with van der Waals surface area (Å²) in [7, 11) is 1.38. The van der Waals surface area contributed by atoms with E-state index >= 15 is 0 Å². The average molecular weight is 402 g/mol. The van der Waals surface area contributed by atoms with E-state index in [0.717, 1.165) is 40.5 Å². The minimum absolute atomic E-state index is 0.123. The molecule has 0 spiro atoms. The van der Waals surface area contributed by atoms with Crippen LogP contribution in [0.1, 0.15) is 24.2 Å². The zero-order valence-electron chi connectivity index (χ0n) is 17.3. The predicted molar refractivity (Wildman–Crippen MR) is 118 cm³/mol. The maximum atomic E-state index is 12.5. The molecule has 0 radical (unpaired) electrons. The summed E-state index contributed by atoms with van der Waals surface area (Å²) >= 11 is 0. The van der Waals surface area contributed by atoms with E-state index in [-0.39, 0.29) is 5.75 Å². The minimum Gasteiger partial charge on any atom is -0.508 e. The van der Waals surface area contributed by atoms with Crippen LogP contribution in [0.2, 0.25) is 0 Å².